The largest absolute Gasteiger partial charge is 0.497 e. The van der Waals surface area contributed by atoms with Gasteiger partial charge in [-0.25, -0.2) is 0 Å². The van der Waals surface area contributed by atoms with Gasteiger partial charge in [-0.05, 0) is 61.9 Å². The highest BCUT2D eigenvalue weighted by Crippen LogP contribution is 2.37. The summed E-state index contributed by atoms with van der Waals surface area (Å²) in [6.45, 7) is 4.16. The van der Waals surface area contributed by atoms with E-state index in [0.29, 0.717) is 0 Å². The molecule has 0 N–H and O–H groups in total. The fourth-order valence-corrected chi connectivity index (χ4v) is 3.76. The van der Waals surface area contributed by atoms with Gasteiger partial charge >= 0.3 is 0 Å². The molecule has 4 heteroatoms. The second-order valence-electron chi connectivity index (χ2n) is 6.80. The summed E-state index contributed by atoms with van der Waals surface area (Å²) in [5, 5.41) is 0. The Morgan fingerprint density at radius 2 is 1.70 bits per heavy atom. The molecule has 0 saturated carbocycles. The highest BCUT2D eigenvalue weighted by Gasteiger charge is 2.29. The predicted octanol–water partition coefficient (Wildman–Crippen LogP) is 4.62. The summed E-state index contributed by atoms with van der Waals surface area (Å²) < 4.78 is 7.45. The summed E-state index contributed by atoms with van der Waals surface area (Å²) in [6.07, 6.45) is 2.01. The van der Waals surface area contributed by atoms with E-state index in [1.165, 1.54) is 0 Å². The van der Waals surface area contributed by atoms with Gasteiger partial charge in [0, 0.05) is 35.3 Å². The number of amides is 1. The summed E-state index contributed by atoms with van der Waals surface area (Å²) in [5.74, 6) is 0.866. The first-order valence-electron chi connectivity index (χ1n) is 8.94. The van der Waals surface area contributed by atoms with Gasteiger partial charge in [-0.3, -0.25) is 4.79 Å². The van der Waals surface area contributed by atoms with Gasteiger partial charge in [-0.1, -0.05) is 18.2 Å². The Kier molecular flexibility index (Phi) is 4.11. The van der Waals surface area contributed by atoms with Crippen LogP contribution in [0, 0.1) is 13.8 Å². The molecule has 27 heavy (non-hydrogen) atoms. The molecule has 0 saturated heterocycles. The number of carbonyl (C=O) groups is 1. The van der Waals surface area contributed by atoms with Crippen LogP contribution in [0.2, 0.25) is 0 Å². The third kappa shape index (κ3) is 2.74. The normalized spacial score (nSPS) is 14.7. The number of carbonyl (C=O) groups excluding carboxylic acids is 1. The zero-order valence-corrected chi connectivity index (χ0v) is 16.0. The number of nitrogens with zero attached hydrogens (tertiary/aromatic N) is 2. The van der Waals surface area contributed by atoms with E-state index in [0.717, 1.165) is 45.2 Å². The molecule has 1 aromatic heterocycles. The lowest BCUT2D eigenvalue weighted by Gasteiger charge is -2.10. The van der Waals surface area contributed by atoms with Crippen LogP contribution >= 0.6 is 0 Å². The maximum absolute atomic E-state index is 12.7. The van der Waals surface area contributed by atoms with Gasteiger partial charge in [0.2, 0.25) is 0 Å². The van der Waals surface area contributed by atoms with Crippen molar-refractivity contribution >= 4 is 23.2 Å². The molecule has 3 aromatic rings. The number of aryl methyl sites for hydroxylation is 1. The van der Waals surface area contributed by atoms with Gasteiger partial charge in [-0.15, -0.1) is 0 Å². The van der Waals surface area contributed by atoms with E-state index in [-0.39, 0.29) is 5.91 Å². The van der Waals surface area contributed by atoms with Crippen LogP contribution < -0.4 is 9.64 Å². The number of benzene rings is 2. The van der Waals surface area contributed by atoms with Crippen LogP contribution in [0.1, 0.15) is 22.5 Å². The standard InChI is InChI=1S/C23H22N2O2/c1-15-13-17(16(2)25(15)18-9-11-19(27-4)12-10-18)14-21-20-7-5-6-8-22(20)24(3)23(21)26/h5-14H,1-4H3/b21-14+. The molecule has 0 spiro atoms. The zero-order chi connectivity index (χ0) is 19.1. The van der Waals surface area contributed by atoms with E-state index >= 15 is 0 Å². The third-order valence-electron chi connectivity index (χ3n) is 5.19. The van der Waals surface area contributed by atoms with Crippen molar-refractivity contribution in [2.24, 2.45) is 0 Å². The molecule has 0 fully saturated rings. The first-order chi connectivity index (χ1) is 13.0. The highest BCUT2D eigenvalue weighted by atomic mass is 16.5. The topological polar surface area (TPSA) is 34.5 Å². The molecule has 0 atom stereocenters. The molecule has 1 amide bonds. The number of methoxy groups -OCH3 is 1. The maximum Gasteiger partial charge on any atom is 0.258 e. The van der Waals surface area contributed by atoms with E-state index < -0.39 is 0 Å². The SMILES string of the molecule is COc1ccc(-n2c(C)cc(/C=C3/C(=O)N(C)c4ccccc43)c2C)cc1. The quantitative estimate of drug-likeness (QED) is 0.640. The molecule has 4 rings (SSSR count). The van der Waals surface area contributed by atoms with Crippen molar-refractivity contribution in [2.75, 3.05) is 19.1 Å². The molecular weight excluding hydrogens is 336 g/mol. The number of anilines is 1. The molecular formula is C23H22N2O2. The second-order valence-corrected chi connectivity index (χ2v) is 6.80. The number of rotatable bonds is 3. The number of para-hydroxylation sites is 1. The molecule has 0 radical (unpaired) electrons. The van der Waals surface area contributed by atoms with Gasteiger partial charge in [0.1, 0.15) is 5.75 Å². The van der Waals surface area contributed by atoms with Gasteiger partial charge < -0.3 is 14.2 Å². The van der Waals surface area contributed by atoms with E-state index in [4.69, 9.17) is 4.74 Å². The molecule has 0 unspecified atom stereocenters. The van der Waals surface area contributed by atoms with Crippen LogP contribution in [0.3, 0.4) is 0 Å². The Hall–Kier alpha value is -3.27. The average molecular weight is 358 g/mol. The van der Waals surface area contributed by atoms with Crippen LogP contribution in [0.15, 0.2) is 54.6 Å². The minimum Gasteiger partial charge on any atom is -0.497 e. The third-order valence-corrected chi connectivity index (χ3v) is 5.19. The lowest BCUT2D eigenvalue weighted by atomic mass is 10.0. The first kappa shape index (κ1) is 17.2. The van der Waals surface area contributed by atoms with Crippen molar-refractivity contribution in [3.63, 3.8) is 0 Å². The molecule has 1 aliphatic heterocycles. The van der Waals surface area contributed by atoms with E-state index in [1.54, 1.807) is 12.0 Å². The summed E-state index contributed by atoms with van der Waals surface area (Å²) in [7, 11) is 3.49. The molecule has 1 aliphatic rings. The summed E-state index contributed by atoms with van der Waals surface area (Å²) in [5.41, 5.74) is 7.03. The maximum atomic E-state index is 12.7. The molecule has 136 valence electrons. The van der Waals surface area contributed by atoms with E-state index in [9.17, 15) is 4.79 Å². The van der Waals surface area contributed by atoms with Crippen LogP contribution in [-0.4, -0.2) is 24.6 Å². The summed E-state index contributed by atoms with van der Waals surface area (Å²) in [6, 6.07) is 18.0. The number of likely N-dealkylation sites (N-methyl/N-ethyl adjacent to an activating group) is 1. The number of fused-ring (bicyclic) bond motifs is 1. The lowest BCUT2D eigenvalue weighted by Crippen LogP contribution is -2.20. The average Bonchev–Trinajstić information content (AvgIpc) is 3.10. The van der Waals surface area contributed by atoms with E-state index in [2.05, 4.69) is 24.5 Å². The molecule has 0 bridgehead atoms. The number of hydrogen-bond acceptors (Lipinski definition) is 2. The smallest absolute Gasteiger partial charge is 0.258 e. The van der Waals surface area contributed by atoms with Crippen molar-refractivity contribution in [3.8, 4) is 11.4 Å². The van der Waals surface area contributed by atoms with Crippen molar-refractivity contribution in [1.82, 2.24) is 4.57 Å². The van der Waals surface area contributed by atoms with Crippen molar-refractivity contribution in [1.29, 1.82) is 0 Å². The zero-order valence-electron chi connectivity index (χ0n) is 16.0. The van der Waals surface area contributed by atoms with Crippen molar-refractivity contribution < 1.29 is 9.53 Å². The summed E-state index contributed by atoms with van der Waals surface area (Å²) in [4.78, 5) is 14.5. The Morgan fingerprint density at radius 3 is 2.41 bits per heavy atom. The van der Waals surface area contributed by atoms with Gasteiger partial charge in [0.25, 0.3) is 5.91 Å². The van der Waals surface area contributed by atoms with Crippen molar-refractivity contribution in [2.45, 2.75) is 13.8 Å². The first-order valence-corrected chi connectivity index (χ1v) is 8.94. The van der Waals surface area contributed by atoms with Crippen molar-refractivity contribution in [3.05, 3.63) is 77.1 Å². The number of ether oxygens (including phenoxy) is 1. The van der Waals surface area contributed by atoms with Gasteiger partial charge in [0.15, 0.2) is 0 Å². The Morgan fingerprint density at radius 1 is 1.00 bits per heavy atom. The van der Waals surface area contributed by atoms with Crippen LogP contribution in [0.25, 0.3) is 17.3 Å². The monoisotopic (exact) mass is 358 g/mol. The second kappa shape index (κ2) is 6.47. The summed E-state index contributed by atoms with van der Waals surface area (Å²) >= 11 is 0. The fraction of sp³-hybridized carbons (Fsp3) is 0.174. The highest BCUT2D eigenvalue weighted by molar-refractivity contribution is 6.35. The number of aromatic nitrogens is 1. The fourth-order valence-electron chi connectivity index (χ4n) is 3.76. The minimum atomic E-state index is 0.0328. The lowest BCUT2D eigenvalue weighted by molar-refractivity contribution is -0.112. The number of hydrogen-bond donors (Lipinski definition) is 0. The molecule has 0 aliphatic carbocycles. The molecule has 4 nitrogen and oxygen atoms in total. The Balaban J connectivity index is 1.80. The van der Waals surface area contributed by atoms with Gasteiger partial charge in [-0.2, -0.15) is 0 Å². The van der Waals surface area contributed by atoms with E-state index in [1.807, 2.05) is 61.7 Å². The predicted molar refractivity (Wildman–Crippen MR) is 110 cm³/mol. The van der Waals surface area contributed by atoms with Crippen LogP contribution in [-0.2, 0) is 4.79 Å². The van der Waals surface area contributed by atoms with Gasteiger partial charge in [0.05, 0.1) is 12.8 Å². The Bertz CT molecular complexity index is 1060. The van der Waals surface area contributed by atoms with Crippen LogP contribution in [0.4, 0.5) is 5.69 Å². The van der Waals surface area contributed by atoms with Crippen LogP contribution in [0.5, 0.6) is 5.75 Å². The molecule has 2 aromatic carbocycles. The minimum absolute atomic E-state index is 0.0328. The Labute approximate surface area is 159 Å². The molecule has 2 heterocycles.